The van der Waals surface area contributed by atoms with Crippen molar-refractivity contribution in [2.45, 2.75) is 27.3 Å². The van der Waals surface area contributed by atoms with Crippen LogP contribution in [-0.2, 0) is 6.54 Å². The third-order valence-corrected chi connectivity index (χ3v) is 4.39. The molecule has 1 heterocycles. The van der Waals surface area contributed by atoms with E-state index >= 15 is 0 Å². The second kappa shape index (κ2) is 7.83. The van der Waals surface area contributed by atoms with Gasteiger partial charge in [0.25, 0.3) is 5.91 Å². The molecular weight excluding hydrogens is 322 g/mol. The van der Waals surface area contributed by atoms with Gasteiger partial charge in [-0.25, -0.2) is 0 Å². The van der Waals surface area contributed by atoms with E-state index in [1.807, 2.05) is 50.2 Å². The summed E-state index contributed by atoms with van der Waals surface area (Å²) < 4.78 is 0. The average Bonchev–Trinajstić information content (AvgIpc) is 2.64. The van der Waals surface area contributed by atoms with E-state index in [4.69, 9.17) is 0 Å². The van der Waals surface area contributed by atoms with Gasteiger partial charge in [-0.3, -0.25) is 9.78 Å². The molecule has 2 N–H and O–H groups in total. The number of hydrogen-bond donors (Lipinski definition) is 2. The van der Waals surface area contributed by atoms with Crippen molar-refractivity contribution >= 4 is 17.3 Å². The van der Waals surface area contributed by atoms with Crippen molar-refractivity contribution in [2.75, 3.05) is 10.6 Å². The molecule has 0 aliphatic heterocycles. The highest BCUT2D eigenvalue weighted by atomic mass is 16.1. The van der Waals surface area contributed by atoms with Crippen molar-refractivity contribution in [3.8, 4) is 0 Å². The highest BCUT2D eigenvalue weighted by Crippen LogP contribution is 2.18. The molecule has 1 amide bonds. The second-order valence-electron chi connectivity index (χ2n) is 6.51. The number of anilines is 2. The molecule has 0 bridgehead atoms. The first-order valence-electron chi connectivity index (χ1n) is 8.65. The highest BCUT2D eigenvalue weighted by Gasteiger charge is 2.09. The largest absolute Gasteiger partial charge is 0.380 e. The molecule has 0 atom stereocenters. The molecule has 0 unspecified atom stereocenters. The monoisotopic (exact) mass is 345 g/mol. The van der Waals surface area contributed by atoms with Gasteiger partial charge in [-0.15, -0.1) is 0 Å². The summed E-state index contributed by atoms with van der Waals surface area (Å²) in [4.78, 5) is 16.8. The second-order valence-corrected chi connectivity index (χ2v) is 6.51. The Morgan fingerprint density at radius 3 is 2.58 bits per heavy atom. The minimum atomic E-state index is -0.161. The lowest BCUT2D eigenvalue weighted by Gasteiger charge is -2.11. The Labute approximate surface area is 154 Å². The molecule has 0 aliphatic rings. The van der Waals surface area contributed by atoms with Gasteiger partial charge >= 0.3 is 0 Å². The Kier molecular flexibility index (Phi) is 5.32. The number of aromatic nitrogens is 1. The minimum absolute atomic E-state index is 0.161. The zero-order valence-corrected chi connectivity index (χ0v) is 15.3. The van der Waals surface area contributed by atoms with Gasteiger partial charge in [-0.2, -0.15) is 0 Å². The van der Waals surface area contributed by atoms with Crippen LogP contribution in [0.2, 0.25) is 0 Å². The fourth-order valence-corrected chi connectivity index (χ4v) is 2.73. The number of aryl methyl sites for hydroxylation is 3. The maximum absolute atomic E-state index is 12.6. The molecule has 3 rings (SSSR count). The van der Waals surface area contributed by atoms with E-state index in [0.29, 0.717) is 12.1 Å². The molecule has 4 heteroatoms. The van der Waals surface area contributed by atoms with Gasteiger partial charge < -0.3 is 10.6 Å². The number of amides is 1. The first-order valence-corrected chi connectivity index (χ1v) is 8.65. The van der Waals surface area contributed by atoms with E-state index in [1.165, 1.54) is 11.1 Å². The first kappa shape index (κ1) is 17.7. The Bertz CT molecular complexity index is 934. The summed E-state index contributed by atoms with van der Waals surface area (Å²) in [6.45, 7) is 6.76. The Hall–Kier alpha value is -3.14. The van der Waals surface area contributed by atoms with Crippen molar-refractivity contribution in [2.24, 2.45) is 0 Å². The van der Waals surface area contributed by atoms with Gasteiger partial charge in [0.2, 0.25) is 0 Å². The van der Waals surface area contributed by atoms with Crippen LogP contribution in [0.15, 0.2) is 60.9 Å². The third kappa shape index (κ3) is 4.28. The van der Waals surface area contributed by atoms with Crippen molar-refractivity contribution < 1.29 is 4.79 Å². The summed E-state index contributed by atoms with van der Waals surface area (Å²) in [6.07, 6.45) is 3.31. The zero-order chi connectivity index (χ0) is 18.5. The van der Waals surface area contributed by atoms with Gasteiger partial charge in [0.15, 0.2) is 0 Å². The van der Waals surface area contributed by atoms with Gasteiger partial charge in [0, 0.05) is 24.6 Å². The van der Waals surface area contributed by atoms with Crippen LogP contribution in [-0.4, -0.2) is 10.9 Å². The predicted octanol–water partition coefficient (Wildman–Crippen LogP) is 4.87. The molecule has 0 saturated heterocycles. The molecule has 0 fully saturated rings. The molecule has 132 valence electrons. The third-order valence-electron chi connectivity index (χ3n) is 4.39. The Morgan fingerprint density at radius 1 is 0.962 bits per heavy atom. The van der Waals surface area contributed by atoms with Crippen molar-refractivity contribution in [1.82, 2.24) is 4.98 Å². The van der Waals surface area contributed by atoms with Crippen molar-refractivity contribution in [3.63, 3.8) is 0 Å². The summed E-state index contributed by atoms with van der Waals surface area (Å²) in [7, 11) is 0. The SMILES string of the molecule is Cc1ccc(C)c(NC(=O)c2cncc(NCc3ccccc3C)c2)c1. The number of carbonyl (C=O) groups is 1. The standard InChI is InChI=1S/C22H23N3O/c1-15-8-9-17(3)21(10-15)25-22(26)19-11-20(14-23-12-19)24-13-18-7-5-4-6-16(18)2/h4-12,14,24H,13H2,1-3H3,(H,25,26). The van der Waals surface area contributed by atoms with E-state index < -0.39 is 0 Å². The van der Waals surface area contributed by atoms with E-state index in [1.54, 1.807) is 12.4 Å². The minimum Gasteiger partial charge on any atom is -0.380 e. The van der Waals surface area contributed by atoms with E-state index in [9.17, 15) is 4.79 Å². The number of rotatable bonds is 5. The van der Waals surface area contributed by atoms with Crippen LogP contribution in [0, 0.1) is 20.8 Å². The lowest BCUT2D eigenvalue weighted by atomic mass is 10.1. The van der Waals surface area contributed by atoms with Crippen LogP contribution in [0.1, 0.15) is 32.6 Å². The number of hydrogen-bond acceptors (Lipinski definition) is 3. The van der Waals surface area contributed by atoms with Crippen molar-refractivity contribution in [3.05, 3.63) is 88.7 Å². The summed E-state index contributed by atoms with van der Waals surface area (Å²) in [5.74, 6) is -0.161. The van der Waals surface area contributed by atoms with Crippen LogP contribution in [0.5, 0.6) is 0 Å². The quantitative estimate of drug-likeness (QED) is 0.693. The number of carbonyl (C=O) groups excluding carboxylic acids is 1. The number of benzene rings is 2. The smallest absolute Gasteiger partial charge is 0.257 e. The van der Waals surface area contributed by atoms with E-state index in [-0.39, 0.29) is 5.91 Å². The Morgan fingerprint density at radius 2 is 1.77 bits per heavy atom. The van der Waals surface area contributed by atoms with Crippen molar-refractivity contribution in [1.29, 1.82) is 0 Å². The number of nitrogens with zero attached hydrogens (tertiary/aromatic N) is 1. The van der Waals surface area contributed by atoms with E-state index in [0.717, 1.165) is 22.5 Å². The number of nitrogens with one attached hydrogen (secondary N) is 2. The molecular formula is C22H23N3O. The van der Waals surface area contributed by atoms with Crippen LogP contribution >= 0.6 is 0 Å². The molecule has 4 nitrogen and oxygen atoms in total. The van der Waals surface area contributed by atoms with E-state index in [2.05, 4.69) is 34.7 Å². The average molecular weight is 345 g/mol. The van der Waals surface area contributed by atoms with Gasteiger partial charge in [-0.1, -0.05) is 36.4 Å². The fraction of sp³-hybridized carbons (Fsp3) is 0.182. The summed E-state index contributed by atoms with van der Waals surface area (Å²) in [5.41, 5.74) is 6.77. The molecule has 2 aromatic carbocycles. The fourth-order valence-electron chi connectivity index (χ4n) is 2.73. The molecule has 26 heavy (non-hydrogen) atoms. The molecule has 3 aromatic rings. The lowest BCUT2D eigenvalue weighted by Crippen LogP contribution is -2.14. The number of pyridine rings is 1. The van der Waals surface area contributed by atoms with Gasteiger partial charge in [0.1, 0.15) is 0 Å². The summed E-state index contributed by atoms with van der Waals surface area (Å²) in [6, 6.07) is 16.1. The summed E-state index contributed by atoms with van der Waals surface area (Å²) in [5, 5.41) is 6.31. The van der Waals surface area contributed by atoms with Crippen LogP contribution in [0.4, 0.5) is 11.4 Å². The first-order chi connectivity index (χ1) is 12.5. The lowest BCUT2D eigenvalue weighted by molar-refractivity contribution is 0.102. The molecule has 1 aromatic heterocycles. The zero-order valence-electron chi connectivity index (χ0n) is 15.3. The van der Waals surface area contributed by atoms with Gasteiger partial charge in [0.05, 0.1) is 11.3 Å². The molecule has 0 radical (unpaired) electrons. The van der Waals surface area contributed by atoms with Crippen LogP contribution in [0.3, 0.4) is 0 Å². The molecule has 0 aliphatic carbocycles. The predicted molar refractivity (Wildman–Crippen MR) is 107 cm³/mol. The maximum atomic E-state index is 12.6. The van der Waals surface area contributed by atoms with Crippen LogP contribution < -0.4 is 10.6 Å². The van der Waals surface area contributed by atoms with Crippen LogP contribution in [0.25, 0.3) is 0 Å². The normalized spacial score (nSPS) is 10.4. The molecule has 0 saturated carbocycles. The highest BCUT2D eigenvalue weighted by molar-refractivity contribution is 6.05. The molecule has 0 spiro atoms. The topological polar surface area (TPSA) is 54.0 Å². The van der Waals surface area contributed by atoms with Gasteiger partial charge in [-0.05, 0) is 55.2 Å². The maximum Gasteiger partial charge on any atom is 0.257 e. The Balaban J connectivity index is 1.71. The summed E-state index contributed by atoms with van der Waals surface area (Å²) >= 11 is 0.